The van der Waals surface area contributed by atoms with E-state index in [4.69, 9.17) is 4.74 Å². The zero-order valence-electron chi connectivity index (χ0n) is 13.5. The van der Waals surface area contributed by atoms with Gasteiger partial charge in [0.25, 0.3) is 0 Å². The van der Waals surface area contributed by atoms with Crippen LogP contribution in [-0.2, 0) is 14.3 Å². The maximum Gasteiger partial charge on any atom is 0.245 e. The maximum absolute atomic E-state index is 12.9. The summed E-state index contributed by atoms with van der Waals surface area (Å²) in [5.74, 6) is 0.546. The third kappa shape index (κ3) is 3.45. The van der Waals surface area contributed by atoms with E-state index in [1.165, 1.54) is 6.42 Å². The minimum absolute atomic E-state index is 0.146. The smallest absolute Gasteiger partial charge is 0.245 e. The average Bonchev–Trinajstić information content (AvgIpc) is 2.62. The number of ether oxygens (including phenoxy) is 1. The van der Waals surface area contributed by atoms with Crippen LogP contribution < -0.4 is 0 Å². The fourth-order valence-corrected chi connectivity index (χ4v) is 4.03. The van der Waals surface area contributed by atoms with Crippen LogP contribution in [0.15, 0.2) is 0 Å². The first-order valence-electron chi connectivity index (χ1n) is 8.94. The molecule has 124 valence electrons. The summed E-state index contributed by atoms with van der Waals surface area (Å²) in [6, 6.07) is -0.221. The van der Waals surface area contributed by atoms with E-state index in [-0.39, 0.29) is 23.8 Å². The SMILES string of the molecule is O=C([C@@H]1CCCCN1C(=O)C1CCCCC1)N1CCOCC1. The van der Waals surface area contributed by atoms with Crippen molar-refractivity contribution in [3.05, 3.63) is 0 Å². The molecular weight excluding hydrogens is 280 g/mol. The number of piperidine rings is 1. The van der Waals surface area contributed by atoms with Gasteiger partial charge < -0.3 is 14.5 Å². The van der Waals surface area contributed by atoms with Gasteiger partial charge in [-0.15, -0.1) is 0 Å². The van der Waals surface area contributed by atoms with Crippen LogP contribution in [-0.4, -0.2) is 60.5 Å². The molecular formula is C17H28N2O3. The Hall–Kier alpha value is -1.10. The van der Waals surface area contributed by atoms with E-state index in [0.717, 1.165) is 51.5 Å². The van der Waals surface area contributed by atoms with Crippen molar-refractivity contribution in [1.82, 2.24) is 9.80 Å². The van der Waals surface area contributed by atoms with Gasteiger partial charge in [-0.3, -0.25) is 9.59 Å². The Labute approximate surface area is 133 Å². The molecule has 2 aliphatic heterocycles. The minimum Gasteiger partial charge on any atom is -0.378 e. The van der Waals surface area contributed by atoms with Crippen molar-refractivity contribution in [2.45, 2.75) is 57.4 Å². The van der Waals surface area contributed by atoms with E-state index in [2.05, 4.69) is 0 Å². The summed E-state index contributed by atoms with van der Waals surface area (Å²) in [6.45, 7) is 3.34. The second kappa shape index (κ2) is 7.44. The lowest BCUT2D eigenvalue weighted by molar-refractivity contribution is -0.152. The highest BCUT2D eigenvalue weighted by molar-refractivity contribution is 5.89. The summed E-state index contributed by atoms with van der Waals surface area (Å²) in [7, 11) is 0. The first-order chi connectivity index (χ1) is 10.8. The molecule has 1 saturated carbocycles. The van der Waals surface area contributed by atoms with Crippen LogP contribution in [0.4, 0.5) is 0 Å². The van der Waals surface area contributed by atoms with Gasteiger partial charge in [0.2, 0.25) is 11.8 Å². The second-order valence-corrected chi connectivity index (χ2v) is 6.82. The van der Waals surface area contributed by atoms with E-state index in [1.54, 1.807) is 0 Å². The molecule has 0 aromatic heterocycles. The number of morpholine rings is 1. The van der Waals surface area contributed by atoms with Crippen molar-refractivity contribution < 1.29 is 14.3 Å². The molecule has 0 bridgehead atoms. The number of nitrogens with zero attached hydrogens (tertiary/aromatic N) is 2. The van der Waals surface area contributed by atoms with Crippen LogP contribution in [0.3, 0.4) is 0 Å². The van der Waals surface area contributed by atoms with Gasteiger partial charge in [0.1, 0.15) is 6.04 Å². The molecule has 3 fully saturated rings. The predicted molar refractivity (Wildman–Crippen MR) is 83.3 cm³/mol. The number of amides is 2. The highest BCUT2D eigenvalue weighted by Gasteiger charge is 2.37. The van der Waals surface area contributed by atoms with Crippen LogP contribution >= 0.6 is 0 Å². The molecule has 2 amide bonds. The van der Waals surface area contributed by atoms with Crippen LogP contribution in [0.2, 0.25) is 0 Å². The molecule has 5 heteroatoms. The Kier molecular flexibility index (Phi) is 5.34. The third-order valence-corrected chi connectivity index (χ3v) is 5.35. The molecule has 0 spiro atoms. The standard InChI is InChI=1S/C17H28N2O3/c20-16(14-6-2-1-3-7-14)19-9-5-4-8-15(19)17(21)18-10-12-22-13-11-18/h14-15H,1-13H2/t15-/m0/s1. The van der Waals surface area contributed by atoms with Crippen molar-refractivity contribution >= 4 is 11.8 Å². The predicted octanol–water partition coefficient (Wildman–Crippen LogP) is 1.81. The van der Waals surface area contributed by atoms with Crippen molar-refractivity contribution in [3.8, 4) is 0 Å². The Morgan fingerprint density at radius 1 is 0.773 bits per heavy atom. The molecule has 0 unspecified atom stereocenters. The van der Waals surface area contributed by atoms with Crippen molar-refractivity contribution in [2.24, 2.45) is 5.92 Å². The number of carbonyl (C=O) groups is 2. The van der Waals surface area contributed by atoms with Gasteiger partial charge in [0.15, 0.2) is 0 Å². The van der Waals surface area contributed by atoms with Gasteiger partial charge in [-0.25, -0.2) is 0 Å². The summed E-state index contributed by atoms with van der Waals surface area (Å²) >= 11 is 0. The topological polar surface area (TPSA) is 49.9 Å². The normalized spacial score (nSPS) is 27.7. The van der Waals surface area contributed by atoms with Crippen LogP contribution in [0.5, 0.6) is 0 Å². The van der Waals surface area contributed by atoms with Gasteiger partial charge in [-0.1, -0.05) is 19.3 Å². The largest absolute Gasteiger partial charge is 0.378 e. The van der Waals surface area contributed by atoms with E-state index in [9.17, 15) is 9.59 Å². The molecule has 0 radical (unpaired) electrons. The third-order valence-electron chi connectivity index (χ3n) is 5.35. The van der Waals surface area contributed by atoms with Crippen molar-refractivity contribution in [3.63, 3.8) is 0 Å². The average molecular weight is 308 g/mol. The van der Waals surface area contributed by atoms with E-state index < -0.39 is 0 Å². The number of hydrogen-bond acceptors (Lipinski definition) is 3. The Morgan fingerprint density at radius 2 is 1.45 bits per heavy atom. The fourth-order valence-electron chi connectivity index (χ4n) is 4.03. The highest BCUT2D eigenvalue weighted by Crippen LogP contribution is 2.29. The van der Waals surface area contributed by atoms with Gasteiger partial charge in [0, 0.05) is 25.6 Å². The quantitative estimate of drug-likeness (QED) is 0.782. The van der Waals surface area contributed by atoms with Crippen LogP contribution in [0, 0.1) is 5.92 Å². The fraction of sp³-hybridized carbons (Fsp3) is 0.882. The molecule has 3 rings (SSSR count). The van der Waals surface area contributed by atoms with Crippen LogP contribution in [0.25, 0.3) is 0 Å². The lowest BCUT2D eigenvalue weighted by atomic mass is 9.87. The molecule has 0 aromatic carbocycles. The minimum atomic E-state index is -0.221. The lowest BCUT2D eigenvalue weighted by Gasteiger charge is -2.40. The number of carbonyl (C=O) groups excluding carboxylic acids is 2. The molecule has 2 saturated heterocycles. The molecule has 3 aliphatic rings. The summed E-state index contributed by atoms with van der Waals surface area (Å²) in [5, 5.41) is 0. The molecule has 22 heavy (non-hydrogen) atoms. The number of hydrogen-bond donors (Lipinski definition) is 0. The van der Waals surface area contributed by atoms with Gasteiger partial charge in [0.05, 0.1) is 13.2 Å². The van der Waals surface area contributed by atoms with Crippen LogP contribution in [0.1, 0.15) is 51.4 Å². The Morgan fingerprint density at radius 3 is 2.18 bits per heavy atom. The monoisotopic (exact) mass is 308 g/mol. The second-order valence-electron chi connectivity index (χ2n) is 6.82. The Bertz CT molecular complexity index is 363. The highest BCUT2D eigenvalue weighted by atomic mass is 16.5. The summed E-state index contributed by atoms with van der Waals surface area (Å²) in [5.41, 5.74) is 0. The molecule has 5 nitrogen and oxygen atoms in total. The maximum atomic E-state index is 12.9. The zero-order chi connectivity index (χ0) is 15.4. The van der Waals surface area contributed by atoms with E-state index >= 15 is 0 Å². The molecule has 1 aliphatic carbocycles. The van der Waals surface area contributed by atoms with Crippen molar-refractivity contribution in [1.29, 1.82) is 0 Å². The summed E-state index contributed by atoms with van der Waals surface area (Å²) in [4.78, 5) is 29.5. The van der Waals surface area contributed by atoms with Gasteiger partial charge in [-0.05, 0) is 32.1 Å². The van der Waals surface area contributed by atoms with Gasteiger partial charge in [-0.2, -0.15) is 0 Å². The van der Waals surface area contributed by atoms with E-state index in [1.807, 2.05) is 9.80 Å². The summed E-state index contributed by atoms with van der Waals surface area (Å²) < 4.78 is 5.33. The summed E-state index contributed by atoms with van der Waals surface area (Å²) in [6.07, 6.45) is 8.50. The Balaban J connectivity index is 1.67. The van der Waals surface area contributed by atoms with Gasteiger partial charge >= 0.3 is 0 Å². The first-order valence-corrected chi connectivity index (χ1v) is 8.94. The molecule has 0 N–H and O–H groups in total. The first kappa shape index (κ1) is 15.8. The molecule has 1 atom stereocenters. The number of rotatable bonds is 2. The number of likely N-dealkylation sites (tertiary alicyclic amines) is 1. The lowest BCUT2D eigenvalue weighted by Crippen LogP contribution is -2.56. The zero-order valence-corrected chi connectivity index (χ0v) is 13.5. The van der Waals surface area contributed by atoms with Crippen molar-refractivity contribution in [2.75, 3.05) is 32.8 Å². The molecule has 2 heterocycles. The van der Waals surface area contributed by atoms with E-state index in [0.29, 0.717) is 26.3 Å². The molecule has 0 aromatic rings.